The van der Waals surface area contributed by atoms with Crippen molar-refractivity contribution in [3.63, 3.8) is 0 Å². The molecular formula is C39H32N2. The highest BCUT2D eigenvalue weighted by Gasteiger charge is 2.23. The van der Waals surface area contributed by atoms with Gasteiger partial charge in [-0.05, 0) is 108 Å². The lowest BCUT2D eigenvalue weighted by atomic mass is 9.92. The van der Waals surface area contributed by atoms with Crippen LogP contribution in [0.2, 0.25) is 0 Å². The van der Waals surface area contributed by atoms with Crippen molar-refractivity contribution in [1.82, 2.24) is 4.57 Å². The van der Waals surface area contributed by atoms with Crippen molar-refractivity contribution >= 4 is 28.4 Å². The third-order valence-electron chi connectivity index (χ3n) is 8.97. The Labute approximate surface area is 241 Å². The molecule has 0 radical (unpaired) electrons. The van der Waals surface area contributed by atoms with Crippen LogP contribution < -0.4 is 4.90 Å². The summed E-state index contributed by atoms with van der Waals surface area (Å²) in [6.07, 6.45) is 6.84. The molecule has 1 aromatic heterocycles. The highest BCUT2D eigenvalue weighted by atomic mass is 15.1. The standard InChI is InChI=1S/C39H32N2/c1-26-23-29(40-25-28-11-3-4-12-33(28)34-13-5-8-16-37(34)40)19-21-31(26)32-22-20-30(24-27(32)2)41-38-17-9-6-14-35(38)36-15-7-10-18-39(36)41/h3-6,8-14,16-24H,7,15,25H2,1-2H3. The second-order valence-corrected chi connectivity index (χ2v) is 11.4. The number of benzene rings is 5. The Kier molecular flexibility index (Phi) is 5.50. The highest BCUT2D eigenvalue weighted by molar-refractivity contribution is 5.91. The Balaban J connectivity index is 1.18. The van der Waals surface area contributed by atoms with Gasteiger partial charge in [-0.25, -0.2) is 0 Å². The number of anilines is 2. The van der Waals surface area contributed by atoms with E-state index in [9.17, 15) is 0 Å². The summed E-state index contributed by atoms with van der Waals surface area (Å²) < 4.78 is 2.44. The molecule has 1 aliphatic heterocycles. The van der Waals surface area contributed by atoms with Crippen LogP contribution >= 0.6 is 0 Å². The van der Waals surface area contributed by atoms with Gasteiger partial charge in [-0.2, -0.15) is 0 Å². The van der Waals surface area contributed by atoms with E-state index in [1.54, 1.807) is 0 Å². The number of nitrogens with zero attached hydrogens (tertiary/aromatic N) is 2. The fourth-order valence-electron chi connectivity index (χ4n) is 7.02. The lowest BCUT2D eigenvalue weighted by Gasteiger charge is -2.33. The summed E-state index contributed by atoms with van der Waals surface area (Å²) >= 11 is 0. The lowest BCUT2D eigenvalue weighted by Crippen LogP contribution is -2.21. The van der Waals surface area contributed by atoms with Gasteiger partial charge in [0.05, 0.1) is 5.52 Å². The maximum Gasteiger partial charge on any atom is 0.0537 e. The van der Waals surface area contributed by atoms with Gasteiger partial charge in [0.2, 0.25) is 0 Å². The molecule has 0 amide bonds. The Morgan fingerprint density at radius 3 is 2.12 bits per heavy atom. The molecule has 198 valence electrons. The van der Waals surface area contributed by atoms with E-state index in [2.05, 4.69) is 145 Å². The molecule has 0 saturated carbocycles. The SMILES string of the molecule is Cc1cc(N2Cc3ccccc3-c3ccccc32)ccc1-c1ccc(-n2c3c(c4ccccc42)CCC=C3)cc1C. The number of fused-ring (bicyclic) bond motifs is 6. The van der Waals surface area contributed by atoms with Gasteiger partial charge in [0, 0.05) is 40.3 Å². The molecule has 0 bridgehead atoms. The van der Waals surface area contributed by atoms with Crippen molar-refractivity contribution in [2.75, 3.05) is 4.90 Å². The molecule has 1 aliphatic carbocycles. The van der Waals surface area contributed by atoms with Gasteiger partial charge >= 0.3 is 0 Å². The molecule has 5 aromatic carbocycles. The van der Waals surface area contributed by atoms with Crippen molar-refractivity contribution in [3.8, 4) is 27.9 Å². The largest absolute Gasteiger partial charge is 0.336 e. The molecule has 41 heavy (non-hydrogen) atoms. The van der Waals surface area contributed by atoms with Crippen LogP contribution in [0.15, 0.2) is 115 Å². The molecule has 0 saturated heterocycles. The van der Waals surface area contributed by atoms with Crippen LogP contribution in [0.25, 0.3) is 44.9 Å². The van der Waals surface area contributed by atoms with Gasteiger partial charge in [0.15, 0.2) is 0 Å². The predicted molar refractivity (Wildman–Crippen MR) is 173 cm³/mol. The van der Waals surface area contributed by atoms with Gasteiger partial charge in [-0.3, -0.25) is 0 Å². The molecule has 2 heteroatoms. The van der Waals surface area contributed by atoms with Crippen LogP contribution in [0.4, 0.5) is 11.4 Å². The second-order valence-electron chi connectivity index (χ2n) is 11.4. The number of allylic oxidation sites excluding steroid dienone is 1. The maximum absolute atomic E-state index is 2.46. The van der Waals surface area contributed by atoms with Gasteiger partial charge in [0.25, 0.3) is 0 Å². The minimum absolute atomic E-state index is 0.878. The third kappa shape index (κ3) is 3.78. The summed E-state index contributed by atoms with van der Waals surface area (Å²) in [6.45, 7) is 5.37. The lowest BCUT2D eigenvalue weighted by molar-refractivity contribution is 0.960. The van der Waals surface area contributed by atoms with Crippen molar-refractivity contribution in [2.24, 2.45) is 0 Å². The van der Waals surface area contributed by atoms with Crippen molar-refractivity contribution < 1.29 is 0 Å². The molecule has 8 rings (SSSR count). The Bertz CT molecular complexity index is 2000. The van der Waals surface area contributed by atoms with E-state index in [1.807, 2.05) is 0 Å². The fourth-order valence-corrected chi connectivity index (χ4v) is 7.02. The van der Waals surface area contributed by atoms with Crippen LogP contribution in [-0.4, -0.2) is 4.57 Å². The highest BCUT2D eigenvalue weighted by Crippen LogP contribution is 2.43. The van der Waals surface area contributed by atoms with E-state index in [1.165, 1.54) is 78.2 Å². The number of aryl methyl sites for hydroxylation is 3. The molecule has 0 spiro atoms. The van der Waals surface area contributed by atoms with Gasteiger partial charge in [0.1, 0.15) is 0 Å². The smallest absolute Gasteiger partial charge is 0.0537 e. The first-order valence-electron chi connectivity index (χ1n) is 14.6. The minimum atomic E-state index is 0.878. The van der Waals surface area contributed by atoms with Crippen molar-refractivity contribution in [1.29, 1.82) is 0 Å². The van der Waals surface area contributed by atoms with Crippen LogP contribution in [0, 0.1) is 13.8 Å². The number of aromatic nitrogens is 1. The first-order chi connectivity index (χ1) is 20.2. The predicted octanol–water partition coefficient (Wildman–Crippen LogP) is 10.2. The summed E-state index contributed by atoms with van der Waals surface area (Å²) in [5, 5.41) is 1.38. The average molecular weight is 529 g/mol. The zero-order valence-corrected chi connectivity index (χ0v) is 23.6. The molecule has 0 atom stereocenters. The van der Waals surface area contributed by atoms with Crippen LogP contribution in [0.5, 0.6) is 0 Å². The van der Waals surface area contributed by atoms with Crippen molar-refractivity contribution in [2.45, 2.75) is 33.2 Å². The number of para-hydroxylation sites is 2. The molecule has 0 N–H and O–H groups in total. The van der Waals surface area contributed by atoms with Crippen LogP contribution in [0.3, 0.4) is 0 Å². The first kappa shape index (κ1) is 24.0. The summed E-state index contributed by atoms with van der Waals surface area (Å²) in [6, 6.07) is 40.3. The van der Waals surface area contributed by atoms with Gasteiger partial charge in [-0.1, -0.05) is 78.9 Å². The average Bonchev–Trinajstić information content (AvgIpc) is 3.35. The molecule has 2 heterocycles. The minimum Gasteiger partial charge on any atom is -0.336 e. The Hall–Kier alpha value is -4.82. The van der Waals surface area contributed by atoms with E-state index in [0.29, 0.717) is 0 Å². The fraction of sp³-hybridized carbons (Fsp3) is 0.128. The van der Waals surface area contributed by atoms with E-state index < -0.39 is 0 Å². The number of hydrogen-bond acceptors (Lipinski definition) is 1. The van der Waals surface area contributed by atoms with Crippen LogP contribution in [-0.2, 0) is 13.0 Å². The zero-order valence-electron chi connectivity index (χ0n) is 23.6. The molecule has 2 nitrogen and oxygen atoms in total. The number of rotatable bonds is 3. The van der Waals surface area contributed by atoms with E-state index in [0.717, 1.165) is 19.4 Å². The zero-order chi connectivity index (χ0) is 27.5. The quantitative estimate of drug-likeness (QED) is 0.222. The van der Waals surface area contributed by atoms with E-state index in [-0.39, 0.29) is 0 Å². The molecule has 2 aliphatic rings. The number of hydrogen-bond donors (Lipinski definition) is 0. The third-order valence-corrected chi connectivity index (χ3v) is 8.97. The van der Waals surface area contributed by atoms with Crippen molar-refractivity contribution in [3.05, 3.63) is 143 Å². The van der Waals surface area contributed by atoms with E-state index in [4.69, 9.17) is 0 Å². The Morgan fingerprint density at radius 1 is 0.610 bits per heavy atom. The molecule has 6 aromatic rings. The molecule has 0 unspecified atom stereocenters. The van der Waals surface area contributed by atoms with Crippen LogP contribution in [0.1, 0.15) is 34.4 Å². The Morgan fingerprint density at radius 2 is 1.29 bits per heavy atom. The first-order valence-corrected chi connectivity index (χ1v) is 14.6. The van der Waals surface area contributed by atoms with E-state index >= 15 is 0 Å². The van der Waals surface area contributed by atoms with Gasteiger partial charge in [-0.15, -0.1) is 0 Å². The summed E-state index contributed by atoms with van der Waals surface area (Å²) in [7, 11) is 0. The monoisotopic (exact) mass is 528 g/mol. The summed E-state index contributed by atoms with van der Waals surface area (Å²) in [5.41, 5.74) is 17.0. The summed E-state index contributed by atoms with van der Waals surface area (Å²) in [5.74, 6) is 0. The molecule has 0 fully saturated rings. The molecular weight excluding hydrogens is 496 g/mol. The van der Waals surface area contributed by atoms with Gasteiger partial charge < -0.3 is 9.47 Å². The maximum atomic E-state index is 2.46. The normalized spacial score (nSPS) is 13.7. The second kappa shape index (κ2) is 9.38. The topological polar surface area (TPSA) is 8.17 Å². The summed E-state index contributed by atoms with van der Waals surface area (Å²) in [4.78, 5) is 2.46.